The second kappa shape index (κ2) is 3.70. The molecular formula is C6H11N. The van der Waals surface area contributed by atoms with Crippen molar-refractivity contribution in [2.45, 2.75) is 6.92 Å². The molecule has 1 heteroatoms. The SMILES string of the molecule is CC#CCN(C)C. The Morgan fingerprint density at radius 3 is 2.14 bits per heavy atom. The first-order chi connectivity index (χ1) is 3.27. The molecule has 0 N–H and O–H groups in total. The van der Waals surface area contributed by atoms with Gasteiger partial charge in [-0.2, -0.15) is 0 Å². The Bertz CT molecular complexity index is 84.1. The van der Waals surface area contributed by atoms with E-state index in [4.69, 9.17) is 0 Å². The van der Waals surface area contributed by atoms with Crippen LogP contribution in [0.15, 0.2) is 0 Å². The van der Waals surface area contributed by atoms with Gasteiger partial charge < -0.3 is 0 Å². The fourth-order valence-electron chi connectivity index (χ4n) is 0.237. The highest BCUT2D eigenvalue weighted by Gasteiger charge is 1.76. The Labute approximate surface area is 45.3 Å². The highest BCUT2D eigenvalue weighted by atomic mass is 15.0. The minimum atomic E-state index is 0.872. The number of nitrogens with zero attached hydrogens (tertiary/aromatic N) is 1. The third kappa shape index (κ3) is 5.52. The van der Waals surface area contributed by atoms with Crippen molar-refractivity contribution in [2.24, 2.45) is 0 Å². The maximum atomic E-state index is 2.92. The molecule has 0 spiro atoms. The summed E-state index contributed by atoms with van der Waals surface area (Å²) < 4.78 is 0. The van der Waals surface area contributed by atoms with E-state index in [9.17, 15) is 0 Å². The van der Waals surface area contributed by atoms with Crippen LogP contribution in [0.1, 0.15) is 6.92 Å². The van der Waals surface area contributed by atoms with E-state index in [1.807, 2.05) is 25.9 Å². The molecule has 0 atom stereocenters. The highest BCUT2D eigenvalue weighted by Crippen LogP contribution is 1.66. The average molecular weight is 97.2 g/mol. The Morgan fingerprint density at radius 2 is 2.00 bits per heavy atom. The lowest BCUT2D eigenvalue weighted by Crippen LogP contribution is -2.10. The maximum absolute atomic E-state index is 2.92. The predicted molar refractivity (Wildman–Crippen MR) is 32.0 cm³/mol. The minimum absolute atomic E-state index is 0.872. The van der Waals surface area contributed by atoms with E-state index < -0.39 is 0 Å². The lowest BCUT2D eigenvalue weighted by atomic mass is 10.6. The summed E-state index contributed by atoms with van der Waals surface area (Å²) in [5, 5.41) is 0. The largest absolute Gasteiger partial charge is 0.299 e. The predicted octanol–water partition coefficient (Wildman–Crippen LogP) is 0.571. The van der Waals surface area contributed by atoms with Crippen molar-refractivity contribution in [3.63, 3.8) is 0 Å². The molecule has 0 aromatic heterocycles. The first kappa shape index (κ1) is 6.52. The summed E-state index contributed by atoms with van der Waals surface area (Å²) in [5.74, 6) is 5.73. The third-order valence-electron chi connectivity index (χ3n) is 0.572. The van der Waals surface area contributed by atoms with Crippen LogP contribution >= 0.6 is 0 Å². The number of hydrogen-bond acceptors (Lipinski definition) is 1. The summed E-state index contributed by atoms with van der Waals surface area (Å²) >= 11 is 0. The van der Waals surface area contributed by atoms with Crippen LogP contribution in [0.3, 0.4) is 0 Å². The number of hydrogen-bond donors (Lipinski definition) is 0. The summed E-state index contributed by atoms with van der Waals surface area (Å²) in [5.41, 5.74) is 0. The van der Waals surface area contributed by atoms with E-state index in [1.54, 1.807) is 0 Å². The van der Waals surface area contributed by atoms with Gasteiger partial charge in [0, 0.05) is 0 Å². The molecule has 7 heavy (non-hydrogen) atoms. The molecule has 0 aliphatic heterocycles. The van der Waals surface area contributed by atoms with Gasteiger partial charge >= 0.3 is 0 Å². The van der Waals surface area contributed by atoms with Crippen LogP contribution in [-0.4, -0.2) is 25.5 Å². The van der Waals surface area contributed by atoms with Gasteiger partial charge in [-0.05, 0) is 21.0 Å². The standard InChI is InChI=1S/C6H11N/c1-4-5-6-7(2)3/h6H2,1-3H3. The normalized spacial score (nSPS) is 8.00. The number of rotatable bonds is 1. The second-order valence-electron chi connectivity index (χ2n) is 1.66. The van der Waals surface area contributed by atoms with E-state index in [2.05, 4.69) is 11.8 Å². The van der Waals surface area contributed by atoms with E-state index in [-0.39, 0.29) is 0 Å². The first-order valence-corrected chi connectivity index (χ1v) is 2.31. The monoisotopic (exact) mass is 97.1 g/mol. The topological polar surface area (TPSA) is 3.24 Å². The quantitative estimate of drug-likeness (QED) is 0.432. The molecule has 0 amide bonds. The molecule has 40 valence electrons. The molecule has 0 saturated carbocycles. The fourth-order valence-corrected chi connectivity index (χ4v) is 0.237. The molecule has 0 radical (unpaired) electrons. The molecule has 0 aromatic rings. The smallest absolute Gasteiger partial charge is 0.0596 e. The first-order valence-electron chi connectivity index (χ1n) is 2.31. The minimum Gasteiger partial charge on any atom is -0.299 e. The van der Waals surface area contributed by atoms with Crippen LogP contribution in [0.4, 0.5) is 0 Å². The van der Waals surface area contributed by atoms with Gasteiger partial charge in [0.1, 0.15) is 0 Å². The van der Waals surface area contributed by atoms with Crippen LogP contribution in [-0.2, 0) is 0 Å². The summed E-state index contributed by atoms with van der Waals surface area (Å²) in [7, 11) is 4.01. The van der Waals surface area contributed by atoms with E-state index in [0.29, 0.717) is 0 Å². The van der Waals surface area contributed by atoms with Crippen molar-refractivity contribution in [1.29, 1.82) is 0 Å². The van der Waals surface area contributed by atoms with Crippen LogP contribution in [0, 0.1) is 11.8 Å². The molecular weight excluding hydrogens is 86.1 g/mol. The molecule has 0 aromatic carbocycles. The van der Waals surface area contributed by atoms with Gasteiger partial charge in [-0.1, -0.05) is 5.92 Å². The van der Waals surface area contributed by atoms with Gasteiger partial charge in [-0.25, -0.2) is 0 Å². The second-order valence-corrected chi connectivity index (χ2v) is 1.66. The fraction of sp³-hybridized carbons (Fsp3) is 0.667. The van der Waals surface area contributed by atoms with Crippen LogP contribution in [0.25, 0.3) is 0 Å². The molecule has 0 rings (SSSR count). The van der Waals surface area contributed by atoms with E-state index in [0.717, 1.165) is 6.54 Å². The lowest BCUT2D eigenvalue weighted by molar-refractivity contribution is 0.464. The summed E-state index contributed by atoms with van der Waals surface area (Å²) in [4.78, 5) is 2.04. The van der Waals surface area contributed by atoms with Gasteiger partial charge in [0.05, 0.1) is 6.54 Å². The Kier molecular flexibility index (Phi) is 3.45. The zero-order chi connectivity index (χ0) is 5.70. The van der Waals surface area contributed by atoms with Crippen molar-refractivity contribution in [3.05, 3.63) is 0 Å². The lowest BCUT2D eigenvalue weighted by Gasteiger charge is -1.99. The molecule has 1 nitrogen and oxygen atoms in total. The Balaban J connectivity index is 3.08. The highest BCUT2D eigenvalue weighted by molar-refractivity contribution is 4.96. The zero-order valence-electron chi connectivity index (χ0n) is 5.15. The zero-order valence-corrected chi connectivity index (χ0v) is 5.15. The van der Waals surface area contributed by atoms with Crippen molar-refractivity contribution < 1.29 is 0 Å². The van der Waals surface area contributed by atoms with Gasteiger partial charge in [-0.3, -0.25) is 4.90 Å². The van der Waals surface area contributed by atoms with Crippen molar-refractivity contribution in [3.8, 4) is 11.8 Å². The maximum Gasteiger partial charge on any atom is 0.0596 e. The molecule has 0 saturated heterocycles. The molecule has 0 unspecified atom stereocenters. The van der Waals surface area contributed by atoms with Crippen LogP contribution < -0.4 is 0 Å². The van der Waals surface area contributed by atoms with Gasteiger partial charge in [-0.15, -0.1) is 5.92 Å². The average Bonchev–Trinajstić information content (AvgIpc) is 1.61. The van der Waals surface area contributed by atoms with Crippen LogP contribution in [0.2, 0.25) is 0 Å². The van der Waals surface area contributed by atoms with E-state index >= 15 is 0 Å². The summed E-state index contributed by atoms with van der Waals surface area (Å²) in [6, 6.07) is 0. The molecule has 0 fully saturated rings. The third-order valence-corrected chi connectivity index (χ3v) is 0.572. The van der Waals surface area contributed by atoms with Gasteiger partial charge in [0.25, 0.3) is 0 Å². The van der Waals surface area contributed by atoms with Crippen LogP contribution in [0.5, 0.6) is 0 Å². The van der Waals surface area contributed by atoms with Gasteiger partial charge in [0.2, 0.25) is 0 Å². The molecule has 0 aliphatic carbocycles. The van der Waals surface area contributed by atoms with Crippen molar-refractivity contribution >= 4 is 0 Å². The van der Waals surface area contributed by atoms with Crippen molar-refractivity contribution in [1.82, 2.24) is 4.90 Å². The Morgan fingerprint density at radius 1 is 1.43 bits per heavy atom. The van der Waals surface area contributed by atoms with Gasteiger partial charge in [0.15, 0.2) is 0 Å². The van der Waals surface area contributed by atoms with Crippen molar-refractivity contribution in [2.75, 3.05) is 20.6 Å². The van der Waals surface area contributed by atoms with E-state index in [1.165, 1.54) is 0 Å². The Hall–Kier alpha value is -0.480. The summed E-state index contributed by atoms with van der Waals surface area (Å²) in [6.45, 7) is 2.72. The molecule has 0 aliphatic rings. The molecule has 0 bridgehead atoms. The summed E-state index contributed by atoms with van der Waals surface area (Å²) in [6.07, 6.45) is 0. The molecule has 0 heterocycles.